The Balaban J connectivity index is 1.71. The van der Waals surface area contributed by atoms with E-state index in [4.69, 9.17) is 9.72 Å². The van der Waals surface area contributed by atoms with Gasteiger partial charge in [0, 0.05) is 37.2 Å². The van der Waals surface area contributed by atoms with Gasteiger partial charge in [-0.2, -0.15) is 0 Å². The maximum Gasteiger partial charge on any atom is 0.251 e. The molecule has 2 heterocycles. The molecule has 30 heavy (non-hydrogen) atoms. The largest absolute Gasteiger partial charge is 0.377 e. The number of ether oxygens (including phenoxy) is 1. The van der Waals surface area contributed by atoms with Crippen molar-refractivity contribution in [1.29, 1.82) is 0 Å². The fourth-order valence-corrected chi connectivity index (χ4v) is 4.26. The number of hydrogen-bond donors (Lipinski definition) is 2. The Bertz CT molecular complexity index is 1170. The summed E-state index contributed by atoms with van der Waals surface area (Å²) in [6, 6.07) is 17.8. The minimum Gasteiger partial charge on any atom is -0.377 e. The summed E-state index contributed by atoms with van der Waals surface area (Å²) < 4.78 is 5.25. The third-order valence-corrected chi connectivity index (χ3v) is 5.59. The molecule has 2 aromatic carbocycles. The van der Waals surface area contributed by atoms with Crippen molar-refractivity contribution < 1.29 is 9.53 Å². The van der Waals surface area contributed by atoms with Crippen molar-refractivity contribution in [2.75, 3.05) is 19.5 Å². The van der Waals surface area contributed by atoms with E-state index in [0.717, 1.165) is 32.7 Å². The highest BCUT2D eigenvalue weighted by Gasteiger charge is 2.15. The van der Waals surface area contributed by atoms with Crippen LogP contribution in [0.3, 0.4) is 0 Å². The summed E-state index contributed by atoms with van der Waals surface area (Å²) in [5.41, 5.74) is 3.84. The number of thiophene rings is 1. The number of methoxy groups -OCH3 is 1. The number of amides is 1. The maximum absolute atomic E-state index is 11.9. The van der Waals surface area contributed by atoms with Crippen LogP contribution in [0, 0.1) is 0 Å². The van der Waals surface area contributed by atoms with Crippen molar-refractivity contribution in [3.8, 4) is 11.1 Å². The first-order chi connectivity index (χ1) is 14.7. The first-order valence-corrected chi connectivity index (χ1v) is 10.4. The number of hydrogen-bond acceptors (Lipinski definition) is 6. The van der Waals surface area contributed by atoms with E-state index < -0.39 is 0 Å². The zero-order valence-electron chi connectivity index (χ0n) is 16.8. The first kappa shape index (κ1) is 20.0. The molecule has 0 spiro atoms. The molecule has 7 heteroatoms. The molecule has 0 fully saturated rings. The van der Waals surface area contributed by atoms with Crippen molar-refractivity contribution in [3.05, 3.63) is 76.9 Å². The van der Waals surface area contributed by atoms with Crippen molar-refractivity contribution >= 4 is 33.3 Å². The van der Waals surface area contributed by atoms with E-state index in [0.29, 0.717) is 24.5 Å². The van der Waals surface area contributed by atoms with Crippen LogP contribution in [-0.4, -0.2) is 30.0 Å². The van der Waals surface area contributed by atoms with Gasteiger partial charge in [0.1, 0.15) is 17.3 Å². The molecule has 2 aromatic heterocycles. The van der Waals surface area contributed by atoms with Gasteiger partial charge in [0.15, 0.2) is 5.82 Å². The minimum atomic E-state index is -0.104. The van der Waals surface area contributed by atoms with Crippen LogP contribution in [-0.2, 0) is 17.9 Å². The van der Waals surface area contributed by atoms with E-state index >= 15 is 0 Å². The predicted octanol–water partition coefficient (Wildman–Crippen LogP) is 4.48. The molecule has 0 atom stereocenters. The van der Waals surface area contributed by atoms with Gasteiger partial charge >= 0.3 is 0 Å². The van der Waals surface area contributed by atoms with Crippen LogP contribution < -0.4 is 10.6 Å². The van der Waals surface area contributed by atoms with E-state index in [-0.39, 0.29) is 5.91 Å². The van der Waals surface area contributed by atoms with E-state index in [1.807, 2.05) is 36.4 Å². The molecule has 6 nitrogen and oxygen atoms in total. The number of carbonyl (C=O) groups excluding carboxylic acids is 1. The average Bonchev–Trinajstić information content (AvgIpc) is 3.22. The van der Waals surface area contributed by atoms with E-state index in [9.17, 15) is 4.79 Å². The van der Waals surface area contributed by atoms with Crippen LogP contribution in [0.2, 0.25) is 0 Å². The molecule has 0 saturated heterocycles. The second-order valence-corrected chi connectivity index (χ2v) is 7.61. The lowest BCUT2D eigenvalue weighted by Gasteiger charge is -2.11. The minimum absolute atomic E-state index is 0.104. The van der Waals surface area contributed by atoms with Gasteiger partial charge < -0.3 is 15.4 Å². The highest BCUT2D eigenvalue weighted by atomic mass is 32.1. The summed E-state index contributed by atoms with van der Waals surface area (Å²) in [7, 11) is 3.26. The normalized spacial score (nSPS) is 10.9. The Hall–Kier alpha value is -3.29. The smallest absolute Gasteiger partial charge is 0.251 e. The lowest BCUT2D eigenvalue weighted by Crippen LogP contribution is -2.18. The molecule has 2 N–H and O–H groups in total. The first-order valence-electron chi connectivity index (χ1n) is 9.57. The van der Waals surface area contributed by atoms with Gasteiger partial charge in [0.25, 0.3) is 5.91 Å². The molecular formula is C23H22N4O2S. The fraction of sp³-hybridized carbons (Fsp3) is 0.174. The SMILES string of the molecule is CNC(=O)c1cccc(CNc2nc(COC)nc3scc(-c4ccccc4)c23)c1. The van der Waals surface area contributed by atoms with E-state index in [2.05, 4.69) is 33.1 Å². The van der Waals surface area contributed by atoms with Crippen LogP contribution >= 0.6 is 11.3 Å². The predicted molar refractivity (Wildman–Crippen MR) is 121 cm³/mol. The number of anilines is 1. The number of rotatable bonds is 7. The third kappa shape index (κ3) is 4.17. The Labute approximate surface area is 179 Å². The van der Waals surface area contributed by atoms with Crippen molar-refractivity contribution in [3.63, 3.8) is 0 Å². The van der Waals surface area contributed by atoms with Crippen LogP contribution in [0.1, 0.15) is 21.7 Å². The summed E-state index contributed by atoms with van der Waals surface area (Å²) in [5.74, 6) is 1.29. The lowest BCUT2D eigenvalue weighted by atomic mass is 10.1. The fourth-order valence-electron chi connectivity index (χ4n) is 3.29. The van der Waals surface area contributed by atoms with E-state index in [1.54, 1.807) is 31.6 Å². The summed E-state index contributed by atoms with van der Waals surface area (Å²) in [6.45, 7) is 0.878. The van der Waals surface area contributed by atoms with Gasteiger partial charge in [-0.25, -0.2) is 9.97 Å². The number of benzene rings is 2. The number of nitrogens with one attached hydrogen (secondary N) is 2. The lowest BCUT2D eigenvalue weighted by molar-refractivity contribution is 0.0963. The van der Waals surface area contributed by atoms with Gasteiger partial charge in [0.05, 0.1) is 5.39 Å². The Morgan fingerprint density at radius 3 is 2.70 bits per heavy atom. The maximum atomic E-state index is 11.9. The number of carbonyl (C=O) groups is 1. The highest BCUT2D eigenvalue weighted by molar-refractivity contribution is 7.17. The molecule has 152 valence electrons. The molecule has 0 aliphatic heterocycles. The van der Waals surface area contributed by atoms with Gasteiger partial charge in [-0.05, 0) is 23.3 Å². The van der Waals surface area contributed by atoms with Crippen molar-refractivity contribution in [1.82, 2.24) is 15.3 Å². The summed E-state index contributed by atoms with van der Waals surface area (Å²) in [5, 5.41) is 9.22. The third-order valence-electron chi connectivity index (χ3n) is 4.71. The van der Waals surface area contributed by atoms with Gasteiger partial charge in [-0.3, -0.25) is 4.79 Å². The van der Waals surface area contributed by atoms with Crippen molar-refractivity contribution in [2.24, 2.45) is 0 Å². The van der Waals surface area contributed by atoms with Gasteiger partial charge in [-0.1, -0.05) is 42.5 Å². The zero-order chi connectivity index (χ0) is 20.9. The average molecular weight is 419 g/mol. The molecule has 0 bridgehead atoms. The Kier molecular flexibility index (Phi) is 6.02. The topological polar surface area (TPSA) is 76.1 Å². The molecule has 4 rings (SSSR count). The van der Waals surface area contributed by atoms with Crippen LogP contribution in [0.25, 0.3) is 21.3 Å². The molecule has 0 aliphatic rings. The molecule has 0 aliphatic carbocycles. The molecule has 0 radical (unpaired) electrons. The van der Waals surface area contributed by atoms with Gasteiger partial charge in [-0.15, -0.1) is 11.3 Å². The molecule has 1 amide bonds. The summed E-state index contributed by atoms with van der Waals surface area (Å²) in [4.78, 5) is 22.2. The second kappa shape index (κ2) is 9.02. The standard InChI is InChI=1S/C23H22N4O2S/c1-24-22(28)17-10-6-7-15(11-17)12-25-21-20-18(16-8-4-3-5-9-16)14-30-23(20)27-19(26-21)13-29-2/h3-11,14H,12-13H2,1-2H3,(H,24,28)(H,25,26,27). The molecule has 4 aromatic rings. The molecular weight excluding hydrogens is 396 g/mol. The summed E-state index contributed by atoms with van der Waals surface area (Å²) >= 11 is 1.59. The molecule has 0 unspecified atom stereocenters. The number of fused-ring (bicyclic) bond motifs is 1. The van der Waals surface area contributed by atoms with Crippen LogP contribution in [0.4, 0.5) is 5.82 Å². The Morgan fingerprint density at radius 2 is 1.93 bits per heavy atom. The summed E-state index contributed by atoms with van der Waals surface area (Å²) in [6.07, 6.45) is 0. The van der Waals surface area contributed by atoms with Crippen LogP contribution in [0.15, 0.2) is 60.0 Å². The van der Waals surface area contributed by atoms with Gasteiger partial charge in [0.2, 0.25) is 0 Å². The van der Waals surface area contributed by atoms with Crippen molar-refractivity contribution in [2.45, 2.75) is 13.2 Å². The second-order valence-electron chi connectivity index (χ2n) is 6.75. The highest BCUT2D eigenvalue weighted by Crippen LogP contribution is 2.37. The van der Waals surface area contributed by atoms with E-state index in [1.165, 1.54) is 0 Å². The number of aromatic nitrogens is 2. The number of nitrogens with zero attached hydrogens (tertiary/aromatic N) is 2. The zero-order valence-corrected chi connectivity index (χ0v) is 17.6. The quantitative estimate of drug-likeness (QED) is 0.463. The van der Waals surface area contributed by atoms with Crippen LogP contribution in [0.5, 0.6) is 0 Å². The molecule has 0 saturated carbocycles. The monoisotopic (exact) mass is 418 g/mol. The Morgan fingerprint density at radius 1 is 1.10 bits per heavy atom.